The molecule has 3 atom stereocenters. The molecule has 3 aliphatic rings. The van der Waals surface area contributed by atoms with Crippen LogP contribution < -0.4 is 14.2 Å². The van der Waals surface area contributed by atoms with E-state index in [1.807, 2.05) is 12.1 Å². The van der Waals surface area contributed by atoms with Gasteiger partial charge in [0.25, 0.3) is 0 Å². The highest BCUT2D eigenvalue weighted by Crippen LogP contribution is 2.44. The van der Waals surface area contributed by atoms with Crippen LogP contribution in [0.25, 0.3) is 0 Å². The van der Waals surface area contributed by atoms with Gasteiger partial charge in [0.1, 0.15) is 4.75 Å². The lowest BCUT2D eigenvalue weighted by atomic mass is 9.76. The highest BCUT2D eigenvalue weighted by Gasteiger charge is 2.49. The number of nitrogens with one attached hydrogen (secondary N) is 1. The van der Waals surface area contributed by atoms with Crippen molar-refractivity contribution in [1.29, 1.82) is 0 Å². The first-order chi connectivity index (χ1) is 18.6. The maximum absolute atomic E-state index is 14.3. The van der Waals surface area contributed by atoms with Crippen LogP contribution in [-0.4, -0.2) is 53.2 Å². The van der Waals surface area contributed by atoms with Gasteiger partial charge in [0.15, 0.2) is 11.5 Å². The quantitative estimate of drug-likeness (QED) is 0.412. The van der Waals surface area contributed by atoms with E-state index in [4.69, 9.17) is 9.47 Å². The number of rotatable bonds is 10. The summed E-state index contributed by atoms with van der Waals surface area (Å²) in [5.41, 5.74) is 0.809. The fourth-order valence-corrected chi connectivity index (χ4v) is 10.1. The average molecular weight is 581 g/mol. The lowest BCUT2D eigenvalue weighted by Crippen LogP contribution is -2.51. The Bertz CT molecular complexity index is 1280. The van der Waals surface area contributed by atoms with E-state index >= 15 is 0 Å². The van der Waals surface area contributed by atoms with Crippen LogP contribution in [0.2, 0.25) is 0 Å². The third kappa shape index (κ3) is 5.94. The third-order valence-electron chi connectivity index (χ3n) is 9.05. The molecule has 1 aromatic carbocycles. The third-order valence-corrected chi connectivity index (χ3v) is 13.1. The van der Waals surface area contributed by atoms with E-state index in [1.54, 1.807) is 42.8 Å². The van der Waals surface area contributed by atoms with Gasteiger partial charge >= 0.3 is 0 Å². The molecule has 1 aromatic rings. The van der Waals surface area contributed by atoms with E-state index in [1.165, 1.54) is 7.05 Å². The van der Waals surface area contributed by atoms with Crippen LogP contribution in [-0.2, 0) is 26.6 Å². The number of sulfonamides is 2. The van der Waals surface area contributed by atoms with Crippen molar-refractivity contribution >= 4 is 20.0 Å². The average Bonchev–Trinajstić information content (AvgIpc) is 2.96. The Balaban J connectivity index is 1.70. The van der Waals surface area contributed by atoms with E-state index in [0.717, 1.165) is 63.4 Å². The minimum absolute atomic E-state index is 0.0401. The minimum Gasteiger partial charge on any atom is -0.493 e. The van der Waals surface area contributed by atoms with Gasteiger partial charge in [-0.3, -0.25) is 0 Å². The first kappa shape index (κ1) is 30.1. The predicted molar refractivity (Wildman–Crippen MR) is 155 cm³/mol. The summed E-state index contributed by atoms with van der Waals surface area (Å²) in [6.07, 6.45) is 13.6. The Labute approximate surface area is 234 Å². The van der Waals surface area contributed by atoms with Gasteiger partial charge in [0, 0.05) is 12.6 Å². The first-order valence-electron chi connectivity index (χ1n) is 14.1. The molecule has 3 aliphatic carbocycles. The molecule has 0 radical (unpaired) electrons. The second-order valence-electron chi connectivity index (χ2n) is 11.2. The van der Waals surface area contributed by atoms with Gasteiger partial charge in [0.05, 0.1) is 19.1 Å². The molecule has 39 heavy (non-hydrogen) atoms. The molecule has 3 unspecified atom stereocenters. The molecule has 0 saturated heterocycles. The second kappa shape index (κ2) is 12.3. The Hall–Kier alpha value is -1.88. The summed E-state index contributed by atoms with van der Waals surface area (Å²) in [6.45, 7) is 2.32. The van der Waals surface area contributed by atoms with E-state index in [0.29, 0.717) is 11.5 Å². The number of benzene rings is 1. The molecule has 0 amide bonds. The normalized spacial score (nSPS) is 26.8. The largest absolute Gasteiger partial charge is 0.493 e. The van der Waals surface area contributed by atoms with Crippen LogP contribution in [0.4, 0.5) is 0 Å². The minimum atomic E-state index is -3.90. The fraction of sp³-hybridized carbons (Fsp3) is 0.655. The maximum atomic E-state index is 14.3. The highest BCUT2D eigenvalue weighted by molar-refractivity contribution is 7.93. The van der Waals surface area contributed by atoms with Crippen molar-refractivity contribution in [2.45, 2.75) is 88.5 Å². The maximum Gasteiger partial charge on any atom is 0.243 e. The Morgan fingerprint density at radius 2 is 1.62 bits per heavy atom. The Morgan fingerprint density at radius 3 is 2.21 bits per heavy atom. The van der Waals surface area contributed by atoms with Gasteiger partial charge in [0.2, 0.25) is 20.0 Å². The van der Waals surface area contributed by atoms with Gasteiger partial charge in [-0.05, 0) is 74.8 Å². The number of ether oxygens (including phenoxy) is 2. The van der Waals surface area contributed by atoms with E-state index in [-0.39, 0.29) is 35.7 Å². The van der Waals surface area contributed by atoms with Crippen LogP contribution in [0.3, 0.4) is 0 Å². The van der Waals surface area contributed by atoms with Crippen LogP contribution in [0, 0.1) is 11.8 Å². The highest BCUT2D eigenvalue weighted by atomic mass is 32.2. The summed E-state index contributed by atoms with van der Waals surface area (Å²) >= 11 is 0. The molecule has 0 heterocycles. The fourth-order valence-electron chi connectivity index (χ4n) is 6.71. The van der Waals surface area contributed by atoms with Crippen molar-refractivity contribution in [1.82, 2.24) is 9.03 Å². The molecule has 0 aliphatic heterocycles. The first-order valence-corrected chi connectivity index (χ1v) is 17.1. The lowest BCUT2D eigenvalue weighted by Gasteiger charge is -2.41. The van der Waals surface area contributed by atoms with Gasteiger partial charge < -0.3 is 9.47 Å². The summed E-state index contributed by atoms with van der Waals surface area (Å²) in [5.74, 6) is 1.31. The van der Waals surface area contributed by atoms with E-state index in [9.17, 15) is 16.8 Å². The number of allylic oxidation sites excluding steroid dienone is 2. The Kier molecular flexibility index (Phi) is 9.51. The van der Waals surface area contributed by atoms with Gasteiger partial charge in [-0.1, -0.05) is 57.2 Å². The van der Waals surface area contributed by atoms with Crippen LogP contribution >= 0.6 is 0 Å². The number of hydrogen-bond donors (Lipinski definition) is 1. The predicted octanol–water partition coefficient (Wildman–Crippen LogP) is 5.13. The molecule has 218 valence electrons. The molecule has 0 spiro atoms. The van der Waals surface area contributed by atoms with Gasteiger partial charge in [-0.2, -0.15) is 4.31 Å². The van der Waals surface area contributed by atoms with Gasteiger partial charge in [-0.15, -0.1) is 0 Å². The van der Waals surface area contributed by atoms with E-state index < -0.39 is 24.8 Å². The van der Waals surface area contributed by atoms with Crippen molar-refractivity contribution in [3.8, 4) is 11.5 Å². The summed E-state index contributed by atoms with van der Waals surface area (Å²) < 4.78 is 69.2. The summed E-state index contributed by atoms with van der Waals surface area (Å²) in [4.78, 5) is 0.179. The molecule has 4 rings (SSSR count). The molecule has 0 aromatic heterocycles. The second-order valence-corrected chi connectivity index (χ2v) is 15.3. The zero-order valence-corrected chi connectivity index (χ0v) is 25.3. The molecule has 2 fully saturated rings. The van der Waals surface area contributed by atoms with Crippen molar-refractivity contribution in [3.05, 3.63) is 46.9 Å². The lowest BCUT2D eigenvalue weighted by molar-refractivity contribution is 0.186. The summed E-state index contributed by atoms with van der Waals surface area (Å²) in [5, 5.41) is 0. The SMILES string of the molecule is CNS(=O)(=O)C1(C2CCCCC2)C=CC(S(=O)(=O)N(Cc2ccc(OC)c(OC)c2)C2CCCCC2C)=CC1. The number of methoxy groups -OCH3 is 2. The van der Waals surface area contributed by atoms with Crippen molar-refractivity contribution in [3.63, 3.8) is 0 Å². The number of nitrogens with zero attached hydrogens (tertiary/aromatic N) is 1. The zero-order valence-electron chi connectivity index (χ0n) is 23.7. The van der Waals surface area contributed by atoms with Crippen molar-refractivity contribution in [2.24, 2.45) is 11.8 Å². The zero-order chi connectivity index (χ0) is 28.3. The molecular weight excluding hydrogens is 536 g/mol. The molecule has 10 heteroatoms. The topological polar surface area (TPSA) is 102 Å². The monoisotopic (exact) mass is 580 g/mol. The number of hydrogen-bond acceptors (Lipinski definition) is 6. The van der Waals surface area contributed by atoms with Crippen LogP contribution in [0.15, 0.2) is 41.3 Å². The Morgan fingerprint density at radius 1 is 0.949 bits per heavy atom. The standard InChI is InChI=1S/C29H44N2O6S2/c1-22-10-8-9-13-26(22)31(21-23-14-15-27(36-3)28(20-23)37-4)38(32,33)25-16-18-29(19-17-25,39(34,35)30-2)24-11-6-5-7-12-24/h14-18,20,22,24,26,30H,5-13,19,21H2,1-4H3. The van der Waals surface area contributed by atoms with Crippen LogP contribution in [0.5, 0.6) is 11.5 Å². The summed E-state index contributed by atoms with van der Waals surface area (Å²) in [6, 6.07) is 5.35. The molecule has 1 N–H and O–H groups in total. The van der Waals surface area contributed by atoms with Crippen molar-refractivity contribution < 1.29 is 26.3 Å². The molecule has 0 bridgehead atoms. The smallest absolute Gasteiger partial charge is 0.243 e. The molecule has 8 nitrogen and oxygen atoms in total. The van der Waals surface area contributed by atoms with Gasteiger partial charge in [-0.25, -0.2) is 21.6 Å². The summed E-state index contributed by atoms with van der Waals surface area (Å²) in [7, 11) is -3.00. The molecule has 2 saturated carbocycles. The molecular formula is C29H44N2O6S2. The van der Waals surface area contributed by atoms with Crippen molar-refractivity contribution in [2.75, 3.05) is 21.3 Å². The van der Waals surface area contributed by atoms with Crippen LogP contribution in [0.1, 0.15) is 76.7 Å². The van der Waals surface area contributed by atoms with E-state index in [2.05, 4.69) is 11.6 Å².